The number of carbonyl (C=O) groups excluding carboxylic acids is 1. The van der Waals surface area contributed by atoms with E-state index < -0.39 is 6.10 Å². The van der Waals surface area contributed by atoms with E-state index in [1.807, 2.05) is 50.2 Å². The molecular formula is C23H28O3. The summed E-state index contributed by atoms with van der Waals surface area (Å²) in [4.78, 5) is 13.0. The standard InChI is InChI=1S/C23H28O3/c1-17(2)25-22(19-13-7-4-8-14-19)23(24)26-21-16-10-9-15-20(21)18-11-5-3-6-12-18/h3-8,11-14,17,20-22H,9-10,15-16H2,1-2H3/t20-,21+,22?/m0/s1. The van der Waals surface area contributed by atoms with E-state index in [1.54, 1.807) is 0 Å². The van der Waals surface area contributed by atoms with Crippen molar-refractivity contribution < 1.29 is 14.3 Å². The fourth-order valence-electron chi connectivity index (χ4n) is 3.70. The third-order valence-corrected chi connectivity index (χ3v) is 4.92. The molecule has 0 aromatic heterocycles. The van der Waals surface area contributed by atoms with Crippen molar-refractivity contribution in [3.05, 3.63) is 71.8 Å². The lowest BCUT2D eigenvalue weighted by Crippen LogP contribution is -2.32. The molecule has 0 N–H and O–H groups in total. The fraction of sp³-hybridized carbons (Fsp3) is 0.435. The lowest BCUT2D eigenvalue weighted by atomic mass is 9.81. The maximum Gasteiger partial charge on any atom is 0.340 e. The zero-order chi connectivity index (χ0) is 18.4. The number of ether oxygens (including phenoxy) is 2. The highest BCUT2D eigenvalue weighted by molar-refractivity contribution is 5.76. The van der Waals surface area contributed by atoms with Gasteiger partial charge in [-0.05, 0) is 44.2 Å². The molecule has 3 nitrogen and oxygen atoms in total. The Morgan fingerprint density at radius 2 is 1.54 bits per heavy atom. The summed E-state index contributed by atoms with van der Waals surface area (Å²) in [5.74, 6) is -0.0119. The van der Waals surface area contributed by atoms with Gasteiger partial charge in [-0.3, -0.25) is 0 Å². The van der Waals surface area contributed by atoms with Crippen LogP contribution < -0.4 is 0 Å². The van der Waals surface area contributed by atoms with Gasteiger partial charge in [-0.25, -0.2) is 4.79 Å². The number of hydrogen-bond donors (Lipinski definition) is 0. The number of esters is 1. The first-order valence-corrected chi connectivity index (χ1v) is 9.61. The molecule has 0 aliphatic heterocycles. The molecule has 0 amide bonds. The zero-order valence-corrected chi connectivity index (χ0v) is 15.6. The van der Waals surface area contributed by atoms with Crippen molar-refractivity contribution in [1.82, 2.24) is 0 Å². The van der Waals surface area contributed by atoms with Crippen molar-refractivity contribution >= 4 is 5.97 Å². The molecule has 0 saturated heterocycles. The maximum absolute atomic E-state index is 13.0. The van der Waals surface area contributed by atoms with Gasteiger partial charge in [-0.15, -0.1) is 0 Å². The Bertz CT molecular complexity index is 681. The second-order valence-electron chi connectivity index (χ2n) is 7.25. The minimum absolute atomic E-state index is 0.0518. The van der Waals surface area contributed by atoms with Crippen LogP contribution in [0.2, 0.25) is 0 Å². The molecule has 26 heavy (non-hydrogen) atoms. The van der Waals surface area contributed by atoms with E-state index in [-0.39, 0.29) is 24.1 Å². The average molecular weight is 352 g/mol. The predicted molar refractivity (Wildman–Crippen MR) is 103 cm³/mol. The highest BCUT2D eigenvalue weighted by Gasteiger charge is 2.33. The van der Waals surface area contributed by atoms with Crippen molar-refractivity contribution in [3.8, 4) is 0 Å². The predicted octanol–water partition coefficient (Wildman–Crippen LogP) is 5.42. The maximum atomic E-state index is 13.0. The summed E-state index contributed by atoms with van der Waals surface area (Å²) >= 11 is 0. The smallest absolute Gasteiger partial charge is 0.340 e. The van der Waals surface area contributed by atoms with Crippen LogP contribution in [0, 0.1) is 0 Å². The molecular weight excluding hydrogens is 324 g/mol. The van der Waals surface area contributed by atoms with Crippen molar-refractivity contribution in [2.24, 2.45) is 0 Å². The van der Waals surface area contributed by atoms with Crippen LogP contribution in [-0.2, 0) is 14.3 Å². The lowest BCUT2D eigenvalue weighted by Gasteiger charge is -2.33. The summed E-state index contributed by atoms with van der Waals surface area (Å²) < 4.78 is 11.9. The van der Waals surface area contributed by atoms with Gasteiger partial charge in [0.2, 0.25) is 0 Å². The highest BCUT2D eigenvalue weighted by Crippen LogP contribution is 2.36. The van der Waals surface area contributed by atoms with Crippen LogP contribution in [0.4, 0.5) is 0 Å². The minimum atomic E-state index is -0.672. The quantitative estimate of drug-likeness (QED) is 0.651. The number of benzene rings is 2. The zero-order valence-electron chi connectivity index (χ0n) is 15.6. The fourth-order valence-corrected chi connectivity index (χ4v) is 3.70. The van der Waals surface area contributed by atoms with Crippen LogP contribution in [0.1, 0.15) is 62.7 Å². The van der Waals surface area contributed by atoms with Gasteiger partial charge in [-0.1, -0.05) is 67.1 Å². The van der Waals surface area contributed by atoms with Gasteiger partial charge in [0.05, 0.1) is 6.10 Å². The average Bonchev–Trinajstić information content (AvgIpc) is 2.68. The van der Waals surface area contributed by atoms with Crippen LogP contribution >= 0.6 is 0 Å². The molecule has 2 aromatic carbocycles. The normalized spacial score (nSPS) is 21.3. The second kappa shape index (κ2) is 9.00. The van der Waals surface area contributed by atoms with E-state index in [1.165, 1.54) is 12.0 Å². The van der Waals surface area contributed by atoms with Gasteiger partial charge >= 0.3 is 5.97 Å². The minimum Gasteiger partial charge on any atom is -0.460 e. The molecule has 1 aliphatic carbocycles. The van der Waals surface area contributed by atoms with Gasteiger partial charge < -0.3 is 9.47 Å². The highest BCUT2D eigenvalue weighted by atomic mass is 16.6. The van der Waals surface area contributed by atoms with E-state index in [0.717, 1.165) is 24.8 Å². The molecule has 1 aliphatic rings. The van der Waals surface area contributed by atoms with Crippen molar-refractivity contribution in [3.63, 3.8) is 0 Å². The molecule has 3 rings (SSSR count). The summed E-state index contributed by atoms with van der Waals surface area (Å²) in [7, 11) is 0. The van der Waals surface area contributed by atoms with E-state index in [0.29, 0.717) is 0 Å². The molecule has 0 radical (unpaired) electrons. The Morgan fingerprint density at radius 3 is 2.19 bits per heavy atom. The molecule has 0 heterocycles. The second-order valence-corrected chi connectivity index (χ2v) is 7.25. The third-order valence-electron chi connectivity index (χ3n) is 4.92. The van der Waals surface area contributed by atoms with E-state index in [4.69, 9.17) is 9.47 Å². The first kappa shape index (κ1) is 18.7. The number of rotatable bonds is 6. The van der Waals surface area contributed by atoms with Crippen molar-refractivity contribution in [2.45, 2.75) is 63.8 Å². The van der Waals surface area contributed by atoms with E-state index >= 15 is 0 Å². The van der Waals surface area contributed by atoms with Crippen LogP contribution in [0.25, 0.3) is 0 Å². The Labute approximate surface area is 156 Å². The number of hydrogen-bond acceptors (Lipinski definition) is 3. The van der Waals surface area contributed by atoms with Gasteiger partial charge in [0.25, 0.3) is 0 Å². The summed E-state index contributed by atoms with van der Waals surface area (Å²) in [6, 6.07) is 20.0. The molecule has 1 fully saturated rings. The van der Waals surface area contributed by atoms with Crippen LogP contribution in [0.3, 0.4) is 0 Å². The van der Waals surface area contributed by atoms with Crippen LogP contribution in [0.15, 0.2) is 60.7 Å². The Morgan fingerprint density at radius 1 is 0.923 bits per heavy atom. The van der Waals surface area contributed by atoms with Gasteiger partial charge in [0, 0.05) is 5.92 Å². The summed E-state index contributed by atoms with van der Waals surface area (Å²) in [5.41, 5.74) is 2.10. The number of carbonyl (C=O) groups is 1. The Balaban J connectivity index is 1.76. The summed E-state index contributed by atoms with van der Waals surface area (Å²) in [6.45, 7) is 3.88. The summed E-state index contributed by atoms with van der Waals surface area (Å²) in [6.07, 6.45) is 3.44. The lowest BCUT2D eigenvalue weighted by molar-refractivity contribution is -0.168. The largest absolute Gasteiger partial charge is 0.460 e. The third kappa shape index (κ3) is 4.73. The molecule has 2 aromatic rings. The van der Waals surface area contributed by atoms with Crippen molar-refractivity contribution in [1.29, 1.82) is 0 Å². The molecule has 0 bridgehead atoms. The van der Waals surface area contributed by atoms with Crippen LogP contribution in [0.5, 0.6) is 0 Å². The Kier molecular flexibility index (Phi) is 6.45. The van der Waals surface area contributed by atoms with Gasteiger partial charge in [0.1, 0.15) is 6.10 Å². The first-order valence-electron chi connectivity index (χ1n) is 9.61. The SMILES string of the molecule is CC(C)OC(C(=O)O[C@@H]1CCCC[C@H]1c1ccccc1)c1ccccc1. The van der Waals surface area contributed by atoms with Crippen LogP contribution in [-0.4, -0.2) is 18.2 Å². The van der Waals surface area contributed by atoms with Crippen molar-refractivity contribution in [2.75, 3.05) is 0 Å². The molecule has 138 valence electrons. The first-order chi connectivity index (χ1) is 12.6. The molecule has 3 heteroatoms. The monoisotopic (exact) mass is 352 g/mol. The van der Waals surface area contributed by atoms with E-state index in [2.05, 4.69) is 24.3 Å². The molecule has 1 saturated carbocycles. The molecule has 0 spiro atoms. The van der Waals surface area contributed by atoms with E-state index in [9.17, 15) is 4.79 Å². The summed E-state index contributed by atoms with van der Waals surface area (Å²) in [5, 5.41) is 0. The Hall–Kier alpha value is -2.13. The van der Waals surface area contributed by atoms with Gasteiger partial charge in [-0.2, -0.15) is 0 Å². The molecule has 1 unspecified atom stereocenters. The topological polar surface area (TPSA) is 35.5 Å². The van der Waals surface area contributed by atoms with Gasteiger partial charge in [0.15, 0.2) is 6.10 Å². The molecule has 3 atom stereocenters.